The van der Waals surface area contributed by atoms with Gasteiger partial charge in [0.1, 0.15) is 5.75 Å². The molecule has 2 bridgehead atoms. The topological polar surface area (TPSA) is 57.6 Å². The van der Waals surface area contributed by atoms with Crippen LogP contribution in [-0.2, 0) is 9.59 Å². The van der Waals surface area contributed by atoms with Crippen LogP contribution >= 0.6 is 31.9 Å². The van der Waals surface area contributed by atoms with Crippen LogP contribution in [0.3, 0.4) is 0 Å². The summed E-state index contributed by atoms with van der Waals surface area (Å²) in [7, 11) is 0. The first kappa shape index (κ1) is 13.8. The summed E-state index contributed by atoms with van der Waals surface area (Å²) in [6, 6.07) is 6.51. The maximum Gasteiger partial charge on any atom is 0.238 e. The molecule has 3 aliphatic rings. The third-order valence-corrected chi connectivity index (χ3v) is 8.32. The normalized spacial score (nSPS) is 41.0. The minimum absolute atomic E-state index is 0.0303. The zero-order valence-corrected chi connectivity index (χ0v) is 14.1. The molecule has 0 radical (unpaired) electrons. The molecule has 1 N–H and O–H groups in total. The molecule has 1 heterocycles. The van der Waals surface area contributed by atoms with E-state index in [1.54, 1.807) is 18.2 Å². The van der Waals surface area contributed by atoms with Crippen LogP contribution in [0.15, 0.2) is 24.3 Å². The van der Waals surface area contributed by atoms with Crippen LogP contribution < -0.4 is 4.90 Å². The minimum atomic E-state index is -0.250. The first-order chi connectivity index (χ1) is 10.0. The zero-order chi connectivity index (χ0) is 14.9. The third-order valence-electron chi connectivity index (χ3n) is 5.11. The van der Waals surface area contributed by atoms with Crippen molar-refractivity contribution in [2.24, 2.45) is 23.7 Å². The van der Waals surface area contributed by atoms with Gasteiger partial charge in [-0.25, -0.2) is 4.90 Å². The lowest BCUT2D eigenvalue weighted by Gasteiger charge is -2.28. The summed E-state index contributed by atoms with van der Waals surface area (Å²) in [5.41, 5.74) is 0.304. The van der Waals surface area contributed by atoms with Crippen molar-refractivity contribution in [2.75, 3.05) is 4.90 Å². The number of carbonyl (C=O) groups excluding carboxylic acids is 2. The summed E-state index contributed by atoms with van der Waals surface area (Å²) >= 11 is 7.31. The number of phenolic OH excluding ortho intramolecular Hbond substituents is 1. The van der Waals surface area contributed by atoms with Gasteiger partial charge in [-0.3, -0.25) is 9.59 Å². The molecule has 1 saturated heterocycles. The monoisotopic (exact) mass is 413 g/mol. The van der Waals surface area contributed by atoms with Gasteiger partial charge < -0.3 is 5.11 Å². The summed E-state index contributed by atoms with van der Waals surface area (Å²) in [5.74, 6) is -0.475. The van der Waals surface area contributed by atoms with Crippen LogP contribution in [0.1, 0.15) is 6.42 Å². The number of imide groups is 1. The second-order valence-corrected chi connectivity index (χ2v) is 8.12. The first-order valence-corrected chi connectivity index (χ1v) is 8.79. The van der Waals surface area contributed by atoms with Gasteiger partial charge in [-0.1, -0.05) is 44.0 Å². The number of rotatable bonds is 1. The largest absolute Gasteiger partial charge is 0.506 e. The van der Waals surface area contributed by atoms with Crippen molar-refractivity contribution in [2.45, 2.75) is 16.1 Å². The van der Waals surface area contributed by atoms with Gasteiger partial charge in [0.05, 0.1) is 17.5 Å². The van der Waals surface area contributed by atoms with E-state index in [1.165, 1.54) is 11.0 Å². The fourth-order valence-corrected chi connectivity index (χ4v) is 6.11. The molecule has 4 rings (SSSR count). The van der Waals surface area contributed by atoms with Crippen molar-refractivity contribution in [1.29, 1.82) is 0 Å². The van der Waals surface area contributed by atoms with Gasteiger partial charge >= 0.3 is 0 Å². The maximum absolute atomic E-state index is 12.7. The van der Waals surface area contributed by atoms with E-state index in [4.69, 9.17) is 0 Å². The number of carbonyl (C=O) groups is 2. The highest BCUT2D eigenvalue weighted by atomic mass is 79.9. The number of hydrogen-bond acceptors (Lipinski definition) is 3. The highest BCUT2D eigenvalue weighted by Crippen LogP contribution is 2.60. The Morgan fingerprint density at radius 3 is 2.05 bits per heavy atom. The van der Waals surface area contributed by atoms with Crippen LogP contribution in [0.2, 0.25) is 0 Å². The summed E-state index contributed by atoms with van der Waals surface area (Å²) in [4.78, 5) is 27.1. The summed E-state index contributed by atoms with van der Waals surface area (Å²) in [5, 5.41) is 9.96. The number of amides is 2. The molecule has 2 saturated carbocycles. The molecule has 4 nitrogen and oxygen atoms in total. The van der Waals surface area contributed by atoms with Gasteiger partial charge in [-0.15, -0.1) is 0 Å². The smallest absolute Gasteiger partial charge is 0.238 e. The first-order valence-electron chi connectivity index (χ1n) is 6.96. The zero-order valence-electron chi connectivity index (χ0n) is 10.9. The molecule has 21 heavy (non-hydrogen) atoms. The Hall–Kier alpha value is -0.880. The van der Waals surface area contributed by atoms with Crippen molar-refractivity contribution < 1.29 is 14.7 Å². The molecular formula is C15H13Br2NO3. The second-order valence-electron chi connectivity index (χ2n) is 6.00. The average molecular weight is 415 g/mol. The lowest BCUT2D eigenvalue weighted by Crippen LogP contribution is -2.37. The van der Waals surface area contributed by atoms with E-state index in [-0.39, 0.29) is 50.9 Å². The van der Waals surface area contributed by atoms with Crippen molar-refractivity contribution in [3.8, 4) is 5.75 Å². The molecule has 1 aromatic carbocycles. The lowest BCUT2D eigenvalue weighted by molar-refractivity contribution is -0.123. The molecule has 0 unspecified atom stereocenters. The van der Waals surface area contributed by atoms with E-state index in [0.29, 0.717) is 5.69 Å². The number of nitrogens with zero attached hydrogens (tertiary/aromatic N) is 1. The summed E-state index contributed by atoms with van der Waals surface area (Å²) in [6.07, 6.45) is 0.910. The Morgan fingerprint density at radius 1 is 1.00 bits per heavy atom. The van der Waals surface area contributed by atoms with E-state index in [1.807, 2.05) is 0 Å². The van der Waals surface area contributed by atoms with Crippen molar-refractivity contribution in [3.05, 3.63) is 24.3 Å². The Morgan fingerprint density at radius 2 is 1.52 bits per heavy atom. The van der Waals surface area contributed by atoms with E-state index in [9.17, 15) is 14.7 Å². The lowest BCUT2D eigenvalue weighted by atomic mass is 9.81. The number of hydrogen-bond donors (Lipinski definition) is 1. The predicted octanol–water partition coefficient (Wildman–Crippen LogP) is 2.67. The highest BCUT2D eigenvalue weighted by Gasteiger charge is 2.66. The summed E-state index contributed by atoms with van der Waals surface area (Å²) < 4.78 is 0. The standard InChI is InChI=1S/C15H13Br2NO3/c16-12-6-5-7(13(12)17)11-10(6)14(20)18(15(11)21)8-3-1-2-4-9(8)19/h1-4,6-7,10-13,19H,5H2/t6-,7+,10+,11-,12-,13-/m0/s1. The Kier molecular flexibility index (Phi) is 2.99. The SMILES string of the molecule is O=C1[C@@H]2[C@@H]3C[C@@H]([C@H](Br)[C@H]3Br)[C@@H]2C(=O)N1c1ccccc1O. The van der Waals surface area contributed by atoms with E-state index < -0.39 is 0 Å². The molecule has 1 aliphatic heterocycles. The minimum Gasteiger partial charge on any atom is -0.506 e. The number of benzene rings is 1. The molecule has 0 spiro atoms. The van der Waals surface area contributed by atoms with Crippen molar-refractivity contribution in [1.82, 2.24) is 0 Å². The van der Waals surface area contributed by atoms with Gasteiger partial charge in [0.2, 0.25) is 11.8 Å². The second kappa shape index (κ2) is 4.56. The van der Waals surface area contributed by atoms with E-state index >= 15 is 0 Å². The number of fused-ring (bicyclic) bond motifs is 5. The van der Waals surface area contributed by atoms with Gasteiger partial charge in [0.15, 0.2) is 0 Å². The number of halogens is 2. The Bertz CT molecular complexity index is 618. The fourth-order valence-electron chi connectivity index (χ4n) is 4.24. The molecule has 6 heteroatoms. The number of anilines is 1. The van der Waals surface area contributed by atoms with Crippen molar-refractivity contribution in [3.63, 3.8) is 0 Å². The van der Waals surface area contributed by atoms with Gasteiger partial charge in [0.25, 0.3) is 0 Å². The van der Waals surface area contributed by atoms with Crippen LogP contribution in [0.5, 0.6) is 5.75 Å². The van der Waals surface area contributed by atoms with Crippen LogP contribution in [-0.4, -0.2) is 26.6 Å². The molecule has 3 fully saturated rings. The molecule has 1 aromatic rings. The predicted molar refractivity (Wildman–Crippen MR) is 84.6 cm³/mol. The number of para-hydroxylation sites is 2. The van der Waals surface area contributed by atoms with Gasteiger partial charge in [-0.05, 0) is 30.4 Å². The van der Waals surface area contributed by atoms with Crippen molar-refractivity contribution >= 4 is 49.4 Å². The number of aromatic hydroxyl groups is 1. The number of phenols is 1. The average Bonchev–Trinajstić information content (AvgIpc) is 3.06. The van der Waals surface area contributed by atoms with Gasteiger partial charge in [0, 0.05) is 9.65 Å². The van der Waals surface area contributed by atoms with Crippen LogP contribution in [0, 0.1) is 23.7 Å². The maximum atomic E-state index is 12.7. The fraction of sp³-hybridized carbons (Fsp3) is 0.467. The van der Waals surface area contributed by atoms with E-state index in [0.717, 1.165) is 6.42 Å². The Labute approximate surface area is 138 Å². The quantitative estimate of drug-likeness (QED) is 0.567. The molecule has 2 aliphatic carbocycles. The molecular weight excluding hydrogens is 402 g/mol. The number of alkyl halides is 2. The third kappa shape index (κ3) is 1.66. The molecule has 2 amide bonds. The Balaban J connectivity index is 1.77. The van der Waals surface area contributed by atoms with Gasteiger partial charge in [-0.2, -0.15) is 0 Å². The molecule has 110 valence electrons. The van der Waals surface area contributed by atoms with E-state index in [2.05, 4.69) is 31.9 Å². The van der Waals surface area contributed by atoms with Crippen LogP contribution in [0.25, 0.3) is 0 Å². The summed E-state index contributed by atoms with van der Waals surface area (Å²) in [6.45, 7) is 0. The molecule has 0 aromatic heterocycles. The molecule has 6 atom stereocenters. The highest BCUT2D eigenvalue weighted by molar-refractivity contribution is 9.12. The van der Waals surface area contributed by atoms with Crippen LogP contribution in [0.4, 0.5) is 5.69 Å².